The molecule has 1 saturated carbocycles. The number of aliphatic hydroxyl groups is 1. The predicted molar refractivity (Wildman–Crippen MR) is 97.1 cm³/mol. The van der Waals surface area contributed by atoms with Crippen molar-refractivity contribution in [2.24, 2.45) is 0 Å². The molecule has 1 aromatic rings. The standard InChI is InChI=1S/C18H29N5O2/c24-18(5-1-2-6-18)15-21-7-9-22(10-8-21)16-3-4-17(20-19-16)23-11-13-25-14-12-23/h3-4,24H,1-2,5-15H2. The summed E-state index contributed by atoms with van der Waals surface area (Å²) < 4.78 is 5.38. The van der Waals surface area contributed by atoms with Crippen molar-refractivity contribution < 1.29 is 9.84 Å². The molecule has 2 saturated heterocycles. The Morgan fingerprint density at radius 2 is 1.44 bits per heavy atom. The second kappa shape index (κ2) is 7.43. The van der Waals surface area contributed by atoms with Gasteiger partial charge in [-0.3, -0.25) is 4.90 Å². The fourth-order valence-corrected chi connectivity index (χ4v) is 4.19. The lowest BCUT2D eigenvalue weighted by atomic mass is 10.0. The second-order valence-electron chi connectivity index (χ2n) is 7.54. The third kappa shape index (κ3) is 4.04. The van der Waals surface area contributed by atoms with Crippen molar-refractivity contribution in [3.05, 3.63) is 12.1 Å². The Balaban J connectivity index is 1.30. The van der Waals surface area contributed by atoms with Crippen molar-refractivity contribution in [3.63, 3.8) is 0 Å². The van der Waals surface area contributed by atoms with Crippen molar-refractivity contribution in [2.75, 3.05) is 68.8 Å². The molecule has 138 valence electrons. The number of aromatic nitrogens is 2. The maximum Gasteiger partial charge on any atom is 0.151 e. The van der Waals surface area contributed by atoms with Crippen LogP contribution < -0.4 is 9.80 Å². The van der Waals surface area contributed by atoms with E-state index in [9.17, 15) is 5.11 Å². The molecule has 0 unspecified atom stereocenters. The summed E-state index contributed by atoms with van der Waals surface area (Å²) in [6, 6.07) is 4.15. The molecule has 0 atom stereocenters. The first-order valence-electron chi connectivity index (χ1n) is 9.58. The molecule has 1 aliphatic carbocycles. The molecule has 1 aromatic heterocycles. The SMILES string of the molecule is OC1(CN2CCN(c3ccc(N4CCOCC4)nn3)CC2)CCCC1. The largest absolute Gasteiger partial charge is 0.389 e. The van der Waals surface area contributed by atoms with Crippen LogP contribution in [0.15, 0.2) is 12.1 Å². The van der Waals surface area contributed by atoms with Crippen LogP contribution in [-0.4, -0.2) is 84.8 Å². The van der Waals surface area contributed by atoms with Crippen molar-refractivity contribution in [1.29, 1.82) is 0 Å². The summed E-state index contributed by atoms with van der Waals surface area (Å²) in [5.74, 6) is 1.89. The van der Waals surface area contributed by atoms with Crippen LogP contribution in [-0.2, 0) is 4.74 Å². The predicted octanol–water partition coefficient (Wildman–Crippen LogP) is 0.740. The molecular formula is C18H29N5O2. The third-order valence-corrected chi connectivity index (χ3v) is 5.72. The molecule has 3 aliphatic rings. The van der Waals surface area contributed by atoms with Crippen LogP contribution in [0.5, 0.6) is 0 Å². The number of rotatable bonds is 4. The molecule has 0 amide bonds. The highest BCUT2D eigenvalue weighted by molar-refractivity contribution is 5.45. The van der Waals surface area contributed by atoms with Gasteiger partial charge in [-0.25, -0.2) is 0 Å². The smallest absolute Gasteiger partial charge is 0.151 e. The van der Waals surface area contributed by atoms with Crippen molar-refractivity contribution >= 4 is 11.6 Å². The Kier molecular flexibility index (Phi) is 5.05. The van der Waals surface area contributed by atoms with Gasteiger partial charge in [-0.15, -0.1) is 10.2 Å². The summed E-state index contributed by atoms with van der Waals surface area (Å²) in [6.45, 7) is 7.97. The van der Waals surface area contributed by atoms with E-state index in [0.717, 1.165) is 83.5 Å². The zero-order chi connectivity index (χ0) is 17.1. The van der Waals surface area contributed by atoms with E-state index in [-0.39, 0.29) is 0 Å². The molecule has 0 bridgehead atoms. The van der Waals surface area contributed by atoms with Gasteiger partial charge in [0.25, 0.3) is 0 Å². The van der Waals surface area contributed by atoms with Crippen molar-refractivity contribution in [1.82, 2.24) is 15.1 Å². The maximum atomic E-state index is 10.6. The Labute approximate surface area is 149 Å². The summed E-state index contributed by atoms with van der Waals surface area (Å²) in [4.78, 5) is 6.92. The topological polar surface area (TPSA) is 65.0 Å². The number of morpholine rings is 1. The minimum Gasteiger partial charge on any atom is -0.389 e. The van der Waals surface area contributed by atoms with Gasteiger partial charge in [0, 0.05) is 45.8 Å². The van der Waals surface area contributed by atoms with Gasteiger partial charge < -0.3 is 19.6 Å². The van der Waals surface area contributed by atoms with Gasteiger partial charge in [-0.2, -0.15) is 0 Å². The quantitative estimate of drug-likeness (QED) is 0.862. The molecule has 25 heavy (non-hydrogen) atoms. The van der Waals surface area contributed by atoms with E-state index < -0.39 is 5.60 Å². The number of nitrogens with zero attached hydrogens (tertiary/aromatic N) is 5. The van der Waals surface area contributed by atoms with Crippen LogP contribution in [0.25, 0.3) is 0 Å². The van der Waals surface area contributed by atoms with Gasteiger partial charge >= 0.3 is 0 Å². The molecule has 7 heteroatoms. The Morgan fingerprint density at radius 3 is 2.00 bits per heavy atom. The lowest BCUT2D eigenvalue weighted by Gasteiger charge is -2.38. The van der Waals surface area contributed by atoms with Crippen LogP contribution in [0, 0.1) is 0 Å². The normalized spacial score (nSPS) is 24.7. The highest BCUT2D eigenvalue weighted by Gasteiger charge is 2.34. The second-order valence-corrected chi connectivity index (χ2v) is 7.54. The molecule has 2 aliphatic heterocycles. The Hall–Kier alpha value is -1.44. The summed E-state index contributed by atoms with van der Waals surface area (Å²) in [5.41, 5.74) is -0.443. The monoisotopic (exact) mass is 347 g/mol. The first-order chi connectivity index (χ1) is 12.2. The Morgan fingerprint density at radius 1 is 0.880 bits per heavy atom. The van der Waals surface area contributed by atoms with E-state index in [4.69, 9.17) is 4.74 Å². The zero-order valence-corrected chi connectivity index (χ0v) is 14.9. The average Bonchev–Trinajstić information content (AvgIpc) is 3.09. The van der Waals surface area contributed by atoms with Crippen LogP contribution in [0.1, 0.15) is 25.7 Å². The molecule has 0 spiro atoms. The number of hydrogen-bond acceptors (Lipinski definition) is 7. The fourth-order valence-electron chi connectivity index (χ4n) is 4.19. The lowest BCUT2D eigenvalue weighted by molar-refractivity contribution is 0.00799. The van der Waals surface area contributed by atoms with Crippen LogP contribution >= 0.6 is 0 Å². The van der Waals surface area contributed by atoms with E-state index in [2.05, 4.69) is 37.0 Å². The van der Waals surface area contributed by atoms with E-state index >= 15 is 0 Å². The molecule has 0 radical (unpaired) electrons. The minimum atomic E-state index is -0.443. The van der Waals surface area contributed by atoms with E-state index in [0.29, 0.717) is 0 Å². The van der Waals surface area contributed by atoms with Crippen molar-refractivity contribution in [2.45, 2.75) is 31.3 Å². The van der Waals surface area contributed by atoms with Crippen LogP contribution in [0.4, 0.5) is 11.6 Å². The Bertz CT molecular complexity index is 547. The van der Waals surface area contributed by atoms with Gasteiger partial charge in [0.1, 0.15) is 0 Å². The molecule has 4 rings (SSSR count). The van der Waals surface area contributed by atoms with E-state index in [1.165, 1.54) is 12.8 Å². The van der Waals surface area contributed by atoms with Crippen LogP contribution in [0.3, 0.4) is 0 Å². The van der Waals surface area contributed by atoms with E-state index in [1.807, 2.05) is 0 Å². The number of hydrogen-bond donors (Lipinski definition) is 1. The fraction of sp³-hybridized carbons (Fsp3) is 0.778. The summed E-state index contributed by atoms with van der Waals surface area (Å²) in [7, 11) is 0. The zero-order valence-electron chi connectivity index (χ0n) is 14.9. The maximum absolute atomic E-state index is 10.6. The van der Waals surface area contributed by atoms with Crippen molar-refractivity contribution in [3.8, 4) is 0 Å². The minimum absolute atomic E-state index is 0.443. The van der Waals surface area contributed by atoms with E-state index in [1.54, 1.807) is 0 Å². The average molecular weight is 347 g/mol. The number of ether oxygens (including phenoxy) is 1. The summed E-state index contributed by atoms with van der Waals surface area (Å²) >= 11 is 0. The van der Waals surface area contributed by atoms with Gasteiger partial charge in [0.2, 0.25) is 0 Å². The molecule has 3 heterocycles. The summed E-state index contributed by atoms with van der Waals surface area (Å²) in [5, 5.41) is 19.5. The molecule has 0 aromatic carbocycles. The van der Waals surface area contributed by atoms with Gasteiger partial charge in [-0.1, -0.05) is 12.8 Å². The third-order valence-electron chi connectivity index (χ3n) is 5.72. The summed E-state index contributed by atoms with van der Waals surface area (Å²) in [6.07, 6.45) is 4.26. The number of piperazine rings is 1. The molecule has 7 nitrogen and oxygen atoms in total. The van der Waals surface area contributed by atoms with Gasteiger partial charge in [0.15, 0.2) is 11.6 Å². The first-order valence-corrected chi connectivity index (χ1v) is 9.58. The molecular weight excluding hydrogens is 318 g/mol. The number of anilines is 2. The van der Waals surface area contributed by atoms with Gasteiger partial charge in [-0.05, 0) is 25.0 Å². The number of β-amino-alcohol motifs (C(OH)–C–C–N with tert-alkyl or cyclic N) is 1. The first kappa shape index (κ1) is 17.0. The highest BCUT2D eigenvalue weighted by Crippen LogP contribution is 2.30. The van der Waals surface area contributed by atoms with Gasteiger partial charge in [0.05, 0.1) is 18.8 Å². The van der Waals surface area contributed by atoms with Crippen LogP contribution in [0.2, 0.25) is 0 Å². The lowest BCUT2D eigenvalue weighted by Crippen LogP contribution is -2.51. The molecule has 3 fully saturated rings. The molecule has 1 N–H and O–H groups in total. The highest BCUT2D eigenvalue weighted by atomic mass is 16.5.